The first-order valence-electron chi connectivity index (χ1n) is 9.82. The molecule has 0 saturated carbocycles. The van der Waals surface area contributed by atoms with E-state index in [0.717, 1.165) is 4.65 Å². The van der Waals surface area contributed by atoms with E-state index in [9.17, 15) is 79.0 Å². The van der Waals surface area contributed by atoms with Crippen LogP contribution < -0.4 is 4.65 Å². The standard InChI is InChI=1S/C16H21F18NSi2/c1-36(2,15(31,32)13(27,28)9(17,18)5-7-11(21,22)23)35-37(3,4)16(33,34)14(29,30)10(19,20)6-8-12(24,25)26/h35H,5-8H2,1-4H3. The molecule has 0 bridgehead atoms. The molecule has 0 unspecified atom stereocenters. The highest BCUT2D eigenvalue weighted by molar-refractivity contribution is 6.93. The lowest BCUT2D eigenvalue weighted by molar-refractivity contribution is -0.293. The summed E-state index contributed by atoms with van der Waals surface area (Å²) in [6, 6.07) is 0. The molecule has 0 radical (unpaired) electrons. The van der Waals surface area contributed by atoms with Gasteiger partial charge < -0.3 is 4.65 Å². The van der Waals surface area contributed by atoms with Crippen LogP contribution >= 0.6 is 0 Å². The summed E-state index contributed by atoms with van der Waals surface area (Å²) >= 11 is 0. The van der Waals surface area contributed by atoms with Gasteiger partial charge in [-0.1, -0.05) is 26.2 Å². The van der Waals surface area contributed by atoms with Gasteiger partial charge in [0.2, 0.25) is 16.5 Å². The minimum atomic E-state index is -6.66. The Kier molecular flexibility index (Phi) is 9.72. The van der Waals surface area contributed by atoms with Gasteiger partial charge in [-0.3, -0.25) is 0 Å². The third kappa shape index (κ3) is 7.21. The van der Waals surface area contributed by atoms with Crippen molar-refractivity contribution < 1.29 is 79.0 Å². The molecule has 0 spiro atoms. The van der Waals surface area contributed by atoms with E-state index in [-0.39, 0.29) is 26.2 Å². The zero-order valence-corrected chi connectivity index (χ0v) is 21.1. The van der Waals surface area contributed by atoms with Crippen LogP contribution in [0.25, 0.3) is 0 Å². The maximum atomic E-state index is 14.6. The molecule has 0 amide bonds. The maximum absolute atomic E-state index is 14.6. The summed E-state index contributed by atoms with van der Waals surface area (Å²) in [4.78, 5) is 0. The summed E-state index contributed by atoms with van der Waals surface area (Å²) < 4.78 is 244. The van der Waals surface area contributed by atoms with Crippen LogP contribution in [-0.4, -0.2) is 63.6 Å². The topological polar surface area (TPSA) is 12.0 Å². The van der Waals surface area contributed by atoms with E-state index in [0.29, 0.717) is 0 Å². The van der Waals surface area contributed by atoms with Gasteiger partial charge in [0.15, 0.2) is 0 Å². The molecule has 0 saturated heterocycles. The van der Waals surface area contributed by atoms with E-state index in [1.807, 2.05) is 0 Å². The number of alkyl halides is 18. The summed E-state index contributed by atoms with van der Waals surface area (Å²) in [5, 5.41) is 0. The van der Waals surface area contributed by atoms with Crippen LogP contribution in [0.15, 0.2) is 0 Å². The third-order valence-electron chi connectivity index (χ3n) is 5.35. The minimum absolute atomic E-state index is 0.0640. The highest BCUT2D eigenvalue weighted by Gasteiger charge is 2.80. The van der Waals surface area contributed by atoms with Crippen LogP contribution in [0.1, 0.15) is 25.7 Å². The second kappa shape index (κ2) is 9.95. The molecule has 21 heteroatoms. The number of nitrogens with one attached hydrogen (secondary N) is 1. The Labute approximate surface area is 200 Å². The molecule has 1 nitrogen and oxygen atoms in total. The Morgan fingerprint density at radius 3 is 0.811 bits per heavy atom. The number of hydrogen-bond donors (Lipinski definition) is 1. The van der Waals surface area contributed by atoms with E-state index in [4.69, 9.17) is 0 Å². The molecule has 0 aromatic heterocycles. The monoisotopic (exact) mass is 625 g/mol. The summed E-state index contributed by atoms with van der Waals surface area (Å²) in [6.45, 7) is -0.256. The molecule has 0 heterocycles. The molecule has 224 valence electrons. The van der Waals surface area contributed by atoms with Crippen molar-refractivity contribution in [2.45, 2.75) is 99.0 Å². The fourth-order valence-corrected chi connectivity index (χ4v) is 12.5. The molecule has 0 aromatic rings. The van der Waals surface area contributed by atoms with Gasteiger partial charge in [0.1, 0.15) is 0 Å². The first kappa shape index (κ1) is 36.1. The zero-order chi connectivity index (χ0) is 30.5. The summed E-state index contributed by atoms with van der Waals surface area (Å²) in [5.41, 5.74) is -12.3. The lowest BCUT2D eigenvalue weighted by atomic mass is 10.1. The predicted molar refractivity (Wildman–Crippen MR) is 98.4 cm³/mol. The Morgan fingerprint density at radius 1 is 0.405 bits per heavy atom. The molecule has 37 heavy (non-hydrogen) atoms. The van der Waals surface area contributed by atoms with Gasteiger partial charge in [-0.15, -0.1) is 0 Å². The lowest BCUT2D eigenvalue weighted by Gasteiger charge is -2.47. The van der Waals surface area contributed by atoms with E-state index in [1.165, 1.54) is 0 Å². The van der Waals surface area contributed by atoms with Gasteiger partial charge in [-0.2, -0.15) is 61.5 Å². The van der Waals surface area contributed by atoms with Crippen molar-refractivity contribution in [3.63, 3.8) is 0 Å². The van der Waals surface area contributed by atoms with Crippen LogP contribution in [0, 0.1) is 0 Å². The second-order valence-corrected chi connectivity index (χ2v) is 18.1. The van der Waals surface area contributed by atoms with E-state index < -0.39 is 89.3 Å². The molecule has 0 aliphatic rings. The van der Waals surface area contributed by atoms with Crippen molar-refractivity contribution >= 4 is 16.5 Å². The number of halogens is 18. The smallest absolute Gasteiger partial charge is 0.350 e. The molecular weight excluding hydrogens is 604 g/mol. The maximum Gasteiger partial charge on any atom is 0.389 e. The van der Waals surface area contributed by atoms with Crippen molar-refractivity contribution in [1.82, 2.24) is 4.65 Å². The minimum Gasteiger partial charge on any atom is -0.350 e. The van der Waals surface area contributed by atoms with Gasteiger partial charge in [0.05, 0.1) is 0 Å². The molecule has 1 N–H and O–H groups in total. The quantitative estimate of drug-likeness (QED) is 0.169. The summed E-state index contributed by atoms with van der Waals surface area (Å²) in [5.74, 6) is -25.5. The summed E-state index contributed by atoms with van der Waals surface area (Å²) in [7, 11) is -11.9. The first-order chi connectivity index (χ1) is 15.6. The molecular formula is C16H21F18NSi2. The fraction of sp³-hybridized carbons (Fsp3) is 1.00. The molecule has 0 fully saturated rings. The average Bonchev–Trinajstić information content (AvgIpc) is 2.62. The first-order valence-corrected chi connectivity index (χ1v) is 15.8. The van der Waals surface area contributed by atoms with Crippen LogP contribution in [0.4, 0.5) is 79.0 Å². The van der Waals surface area contributed by atoms with Crippen LogP contribution in [-0.2, 0) is 0 Å². The SMILES string of the molecule is C[Si](C)(N[Si](C)(C)C(F)(F)C(F)(F)C(F)(F)CCC(F)(F)F)C(F)(F)C(F)(F)C(F)(F)CCC(F)(F)F. The van der Waals surface area contributed by atoms with Crippen molar-refractivity contribution in [1.29, 1.82) is 0 Å². The van der Waals surface area contributed by atoms with Gasteiger partial charge >= 0.3 is 47.1 Å². The molecule has 0 aromatic carbocycles. The highest BCUT2D eigenvalue weighted by atomic mass is 28.4. The highest BCUT2D eigenvalue weighted by Crippen LogP contribution is 2.54. The van der Waals surface area contributed by atoms with E-state index in [1.54, 1.807) is 0 Å². The molecule has 0 aliphatic carbocycles. The van der Waals surface area contributed by atoms with Gasteiger partial charge in [-0.25, -0.2) is 17.6 Å². The number of rotatable bonds is 12. The molecule has 0 atom stereocenters. The second-order valence-electron chi connectivity index (χ2n) is 9.31. The van der Waals surface area contributed by atoms with Crippen LogP contribution in [0.2, 0.25) is 26.2 Å². The lowest BCUT2D eigenvalue weighted by Crippen LogP contribution is -2.80. The fourth-order valence-electron chi connectivity index (χ4n) is 3.09. The van der Waals surface area contributed by atoms with E-state index >= 15 is 0 Å². The van der Waals surface area contributed by atoms with Crippen molar-refractivity contribution in [3.05, 3.63) is 0 Å². The van der Waals surface area contributed by atoms with Gasteiger partial charge in [-0.05, 0) is 0 Å². The number of hydrogen-bond acceptors (Lipinski definition) is 1. The molecule has 0 rings (SSSR count). The zero-order valence-electron chi connectivity index (χ0n) is 19.1. The largest absolute Gasteiger partial charge is 0.389 e. The predicted octanol–water partition coefficient (Wildman–Crippen LogP) is 8.56. The normalized spacial score (nSPS) is 16.4. The average molecular weight is 625 g/mol. The Bertz CT molecular complexity index is 720. The van der Waals surface area contributed by atoms with Crippen molar-refractivity contribution in [2.24, 2.45) is 0 Å². The van der Waals surface area contributed by atoms with Gasteiger partial charge in [0, 0.05) is 25.7 Å². The van der Waals surface area contributed by atoms with Crippen molar-refractivity contribution in [2.75, 3.05) is 0 Å². The Hall–Kier alpha value is -0.866. The van der Waals surface area contributed by atoms with Crippen LogP contribution in [0.5, 0.6) is 0 Å². The van der Waals surface area contributed by atoms with E-state index in [2.05, 4.69) is 0 Å². The Morgan fingerprint density at radius 2 is 0.622 bits per heavy atom. The molecule has 0 aliphatic heterocycles. The van der Waals surface area contributed by atoms with Gasteiger partial charge in [0.25, 0.3) is 0 Å². The summed E-state index contributed by atoms with van der Waals surface area (Å²) in [6.07, 6.45) is -22.1. The van der Waals surface area contributed by atoms with Crippen molar-refractivity contribution in [3.8, 4) is 0 Å². The van der Waals surface area contributed by atoms with Crippen LogP contribution in [0.3, 0.4) is 0 Å². The Balaban J connectivity index is 6.30. The third-order valence-corrected chi connectivity index (χ3v) is 14.1.